The van der Waals surface area contributed by atoms with Crippen LogP contribution >= 0.6 is 11.3 Å². The largest absolute Gasteiger partial charge is 0.493 e. The molecule has 6 nitrogen and oxygen atoms in total. The average molecular weight is 383 g/mol. The van der Waals surface area contributed by atoms with Gasteiger partial charge in [0, 0.05) is 24.5 Å². The van der Waals surface area contributed by atoms with Crippen molar-refractivity contribution in [1.82, 2.24) is 15.3 Å². The lowest BCUT2D eigenvalue weighted by atomic mass is 10.1. The Labute approximate surface area is 162 Å². The zero-order valence-electron chi connectivity index (χ0n) is 15.5. The number of amides is 1. The van der Waals surface area contributed by atoms with E-state index in [1.165, 1.54) is 11.3 Å². The number of aryl methyl sites for hydroxylation is 1. The van der Waals surface area contributed by atoms with Gasteiger partial charge in [-0.1, -0.05) is 6.07 Å². The Balaban J connectivity index is 1.62. The molecule has 27 heavy (non-hydrogen) atoms. The van der Waals surface area contributed by atoms with Gasteiger partial charge < -0.3 is 14.8 Å². The molecule has 0 fully saturated rings. The van der Waals surface area contributed by atoms with Gasteiger partial charge >= 0.3 is 0 Å². The fourth-order valence-electron chi connectivity index (χ4n) is 2.66. The average Bonchev–Trinajstić information content (AvgIpc) is 3.10. The number of methoxy groups -OCH3 is 2. The number of ether oxygens (including phenoxy) is 2. The quantitative estimate of drug-likeness (QED) is 0.676. The van der Waals surface area contributed by atoms with Gasteiger partial charge in [-0.2, -0.15) is 0 Å². The van der Waals surface area contributed by atoms with Crippen LogP contribution in [0.1, 0.15) is 20.9 Å². The highest BCUT2D eigenvalue weighted by molar-refractivity contribution is 7.17. The molecule has 1 N–H and O–H groups in total. The number of carbonyl (C=O) groups is 1. The number of carbonyl (C=O) groups excluding carboxylic acids is 1. The lowest BCUT2D eigenvalue weighted by molar-refractivity contribution is 0.0957. The minimum Gasteiger partial charge on any atom is -0.493 e. The van der Waals surface area contributed by atoms with Crippen molar-refractivity contribution in [3.05, 3.63) is 58.9 Å². The number of pyridine rings is 1. The van der Waals surface area contributed by atoms with Gasteiger partial charge in [-0.15, -0.1) is 11.3 Å². The first kappa shape index (κ1) is 18.8. The van der Waals surface area contributed by atoms with Crippen LogP contribution in [0.4, 0.5) is 0 Å². The predicted molar refractivity (Wildman–Crippen MR) is 106 cm³/mol. The van der Waals surface area contributed by atoms with Crippen LogP contribution in [0.25, 0.3) is 10.6 Å². The second-order valence-corrected chi connectivity index (χ2v) is 6.87. The van der Waals surface area contributed by atoms with Crippen molar-refractivity contribution in [1.29, 1.82) is 0 Å². The van der Waals surface area contributed by atoms with Gasteiger partial charge in [0.15, 0.2) is 11.5 Å². The van der Waals surface area contributed by atoms with Crippen LogP contribution in [0.2, 0.25) is 0 Å². The Kier molecular flexibility index (Phi) is 6.03. The molecule has 0 spiro atoms. The Morgan fingerprint density at radius 3 is 2.70 bits per heavy atom. The molecule has 0 bridgehead atoms. The monoisotopic (exact) mass is 383 g/mol. The summed E-state index contributed by atoms with van der Waals surface area (Å²) in [6.07, 6.45) is 4.15. The molecule has 0 unspecified atom stereocenters. The Bertz CT molecular complexity index is 925. The molecular weight excluding hydrogens is 362 g/mol. The summed E-state index contributed by atoms with van der Waals surface area (Å²) in [6.45, 7) is 2.37. The first-order valence-electron chi connectivity index (χ1n) is 8.49. The normalized spacial score (nSPS) is 10.5. The van der Waals surface area contributed by atoms with E-state index in [0.29, 0.717) is 29.3 Å². The number of rotatable bonds is 7. The SMILES string of the molecule is COc1ccc(CCNC(=O)c2sc(-c3cccnc3)nc2C)cc1OC. The maximum absolute atomic E-state index is 12.5. The molecule has 3 rings (SSSR count). The molecule has 1 amide bonds. The molecule has 3 aromatic rings. The second kappa shape index (κ2) is 8.64. The van der Waals surface area contributed by atoms with Crippen LogP contribution in [0.3, 0.4) is 0 Å². The van der Waals surface area contributed by atoms with Crippen molar-refractivity contribution in [3.63, 3.8) is 0 Å². The second-order valence-electron chi connectivity index (χ2n) is 5.87. The van der Waals surface area contributed by atoms with E-state index in [-0.39, 0.29) is 5.91 Å². The zero-order valence-corrected chi connectivity index (χ0v) is 16.3. The number of nitrogens with zero attached hydrogens (tertiary/aromatic N) is 2. The Morgan fingerprint density at radius 1 is 1.19 bits per heavy atom. The van der Waals surface area contributed by atoms with E-state index in [1.807, 2.05) is 37.3 Å². The number of hydrogen-bond acceptors (Lipinski definition) is 6. The van der Waals surface area contributed by atoms with E-state index in [9.17, 15) is 4.79 Å². The maximum Gasteiger partial charge on any atom is 0.263 e. The third-order valence-corrected chi connectivity index (χ3v) is 5.26. The first-order chi connectivity index (χ1) is 13.1. The van der Waals surface area contributed by atoms with E-state index in [1.54, 1.807) is 26.6 Å². The number of nitrogens with one attached hydrogen (secondary N) is 1. The van der Waals surface area contributed by atoms with Crippen molar-refractivity contribution in [2.45, 2.75) is 13.3 Å². The highest BCUT2D eigenvalue weighted by Crippen LogP contribution is 2.28. The van der Waals surface area contributed by atoms with Crippen LogP contribution in [-0.4, -0.2) is 36.6 Å². The molecule has 0 aliphatic carbocycles. The molecule has 0 aliphatic heterocycles. The van der Waals surface area contributed by atoms with Crippen molar-refractivity contribution < 1.29 is 14.3 Å². The van der Waals surface area contributed by atoms with Crippen LogP contribution in [0.15, 0.2) is 42.7 Å². The Hall–Kier alpha value is -2.93. The topological polar surface area (TPSA) is 73.3 Å². The summed E-state index contributed by atoms with van der Waals surface area (Å²) < 4.78 is 10.5. The van der Waals surface area contributed by atoms with Crippen LogP contribution < -0.4 is 14.8 Å². The van der Waals surface area contributed by atoms with Gasteiger partial charge in [0.25, 0.3) is 5.91 Å². The fourth-order valence-corrected chi connectivity index (χ4v) is 3.63. The first-order valence-corrected chi connectivity index (χ1v) is 9.31. The molecule has 0 saturated carbocycles. The van der Waals surface area contributed by atoms with E-state index in [0.717, 1.165) is 21.8 Å². The van der Waals surface area contributed by atoms with Crippen molar-refractivity contribution in [3.8, 4) is 22.1 Å². The highest BCUT2D eigenvalue weighted by atomic mass is 32.1. The predicted octanol–water partition coefficient (Wildman–Crippen LogP) is 3.50. The number of thiazole rings is 1. The summed E-state index contributed by atoms with van der Waals surface area (Å²) in [5.41, 5.74) is 2.70. The minimum absolute atomic E-state index is 0.111. The van der Waals surface area contributed by atoms with Crippen molar-refractivity contribution in [2.75, 3.05) is 20.8 Å². The Morgan fingerprint density at radius 2 is 2.00 bits per heavy atom. The molecule has 0 aliphatic rings. The standard InChI is InChI=1S/C20H21N3O3S/c1-13-18(27-20(23-13)15-5-4-9-21-12-15)19(24)22-10-8-14-6-7-16(25-2)17(11-14)26-3/h4-7,9,11-12H,8,10H2,1-3H3,(H,22,24). The van der Waals surface area contributed by atoms with Gasteiger partial charge in [-0.25, -0.2) is 4.98 Å². The van der Waals surface area contributed by atoms with Crippen LogP contribution in [0, 0.1) is 6.92 Å². The summed E-state index contributed by atoms with van der Waals surface area (Å²) in [6, 6.07) is 9.54. The maximum atomic E-state index is 12.5. The third-order valence-electron chi connectivity index (χ3n) is 4.06. The molecule has 7 heteroatoms. The van der Waals surface area contributed by atoms with Crippen molar-refractivity contribution >= 4 is 17.2 Å². The molecule has 0 saturated heterocycles. The molecule has 0 radical (unpaired) electrons. The van der Waals surface area contributed by atoms with E-state index < -0.39 is 0 Å². The summed E-state index contributed by atoms with van der Waals surface area (Å²) in [4.78, 5) is 21.7. The van der Waals surface area contributed by atoms with Crippen molar-refractivity contribution in [2.24, 2.45) is 0 Å². The summed E-state index contributed by atoms with van der Waals surface area (Å²) in [7, 11) is 3.21. The zero-order chi connectivity index (χ0) is 19.2. The van der Waals surface area contributed by atoms with Gasteiger partial charge in [-0.05, 0) is 43.2 Å². The summed E-state index contributed by atoms with van der Waals surface area (Å²) >= 11 is 1.38. The van der Waals surface area contributed by atoms with E-state index in [4.69, 9.17) is 9.47 Å². The number of aromatic nitrogens is 2. The smallest absolute Gasteiger partial charge is 0.263 e. The lowest BCUT2D eigenvalue weighted by Crippen LogP contribution is -2.25. The fraction of sp³-hybridized carbons (Fsp3) is 0.250. The molecule has 1 aromatic carbocycles. The molecule has 2 aromatic heterocycles. The van der Waals surface area contributed by atoms with Gasteiger partial charge in [0.1, 0.15) is 9.88 Å². The van der Waals surface area contributed by atoms with Gasteiger partial charge in [0.2, 0.25) is 0 Å². The van der Waals surface area contributed by atoms with Gasteiger partial charge in [0.05, 0.1) is 19.9 Å². The molecular formula is C20H21N3O3S. The summed E-state index contributed by atoms with van der Waals surface area (Å²) in [5.74, 6) is 1.26. The van der Waals surface area contributed by atoms with Gasteiger partial charge in [-0.3, -0.25) is 9.78 Å². The number of hydrogen-bond donors (Lipinski definition) is 1. The highest BCUT2D eigenvalue weighted by Gasteiger charge is 2.16. The lowest BCUT2D eigenvalue weighted by Gasteiger charge is -2.10. The molecule has 2 heterocycles. The van der Waals surface area contributed by atoms with E-state index >= 15 is 0 Å². The van der Waals surface area contributed by atoms with Crippen LogP contribution in [0.5, 0.6) is 11.5 Å². The molecule has 0 atom stereocenters. The van der Waals surface area contributed by atoms with E-state index in [2.05, 4.69) is 15.3 Å². The summed E-state index contributed by atoms with van der Waals surface area (Å²) in [5, 5.41) is 3.76. The molecule has 140 valence electrons. The minimum atomic E-state index is -0.111. The van der Waals surface area contributed by atoms with Crippen LogP contribution in [-0.2, 0) is 6.42 Å². The third kappa shape index (κ3) is 4.43. The number of benzene rings is 1.